The van der Waals surface area contributed by atoms with Crippen molar-refractivity contribution >= 4 is 23.2 Å². The van der Waals surface area contributed by atoms with Crippen LogP contribution in [0.2, 0.25) is 0 Å². The van der Waals surface area contributed by atoms with Gasteiger partial charge in [-0.05, 0) is 62.6 Å². The highest BCUT2D eigenvalue weighted by atomic mass is 19.1. The highest BCUT2D eigenvalue weighted by Gasteiger charge is 2.37. The molecule has 47 heavy (non-hydrogen) atoms. The highest BCUT2D eigenvalue weighted by Crippen LogP contribution is 2.34. The average Bonchev–Trinajstić information content (AvgIpc) is 3.36. The number of piperazine rings is 1. The number of nitrogens with zero attached hydrogens (tertiary/aromatic N) is 4. The van der Waals surface area contributed by atoms with Gasteiger partial charge in [-0.3, -0.25) is 14.5 Å². The predicted molar refractivity (Wildman–Crippen MR) is 179 cm³/mol. The second-order valence-electron chi connectivity index (χ2n) is 13.0. The molecule has 1 fully saturated rings. The maximum Gasteiger partial charge on any atom is 0.255 e. The number of benzene rings is 3. The summed E-state index contributed by atoms with van der Waals surface area (Å²) in [6.07, 6.45) is 0.721. The molecule has 2 N–H and O–H groups in total. The normalized spacial score (nSPS) is 15.6. The Bertz CT molecular complexity index is 1670. The van der Waals surface area contributed by atoms with E-state index in [0.717, 1.165) is 30.8 Å². The minimum Gasteiger partial charge on any atom is -0.493 e. The van der Waals surface area contributed by atoms with Crippen LogP contribution in [-0.4, -0.2) is 59.4 Å². The number of rotatable bonds is 12. The van der Waals surface area contributed by atoms with Gasteiger partial charge in [0, 0.05) is 50.3 Å². The molecule has 0 radical (unpaired) electrons. The number of hydrogen-bond acceptors (Lipinski definition) is 6. The molecule has 2 amide bonds. The lowest BCUT2D eigenvalue weighted by atomic mass is 10.1. The summed E-state index contributed by atoms with van der Waals surface area (Å²) < 4.78 is 26.5. The van der Waals surface area contributed by atoms with Crippen molar-refractivity contribution in [3.8, 4) is 5.75 Å². The molecule has 1 saturated heterocycles. The van der Waals surface area contributed by atoms with Crippen molar-refractivity contribution in [2.75, 3.05) is 31.1 Å². The Morgan fingerprint density at radius 3 is 2.40 bits per heavy atom. The number of allylic oxidation sites excluding steroid dienone is 1. The van der Waals surface area contributed by atoms with E-state index in [0.29, 0.717) is 61.0 Å². The quantitative estimate of drug-likeness (QED) is 0.188. The first-order valence-electron chi connectivity index (χ1n) is 15.9. The molecule has 246 valence electrons. The summed E-state index contributed by atoms with van der Waals surface area (Å²) in [7, 11) is 0. The van der Waals surface area contributed by atoms with Gasteiger partial charge in [0.1, 0.15) is 29.8 Å². The summed E-state index contributed by atoms with van der Waals surface area (Å²) >= 11 is 0. The first-order chi connectivity index (χ1) is 22.4. The molecular formula is C37H42FN5O4. The van der Waals surface area contributed by atoms with Crippen molar-refractivity contribution in [3.05, 3.63) is 112 Å². The van der Waals surface area contributed by atoms with Gasteiger partial charge in [0.25, 0.3) is 5.91 Å². The SMILES string of the molecule is [C-]#[N+]c1ccc(N2CCN(Cc3ccc(COc4cccc5c4CN([C@@H](CCC(=C)OC(C)(C)C)C(N)=O)C5=O)cc3)CC2)c(F)c1. The number of amides is 2. The molecule has 2 heterocycles. The molecule has 0 aliphatic carbocycles. The van der Waals surface area contributed by atoms with Crippen LogP contribution in [0.25, 0.3) is 4.85 Å². The van der Waals surface area contributed by atoms with Gasteiger partial charge < -0.3 is 25.0 Å². The standard InChI is InChI=1S/C37H42FN5O4/c1-25(47-37(2,3)4)9-15-33(35(39)44)43-23-30-29(36(43)45)7-6-8-34(30)46-24-27-12-10-26(11-13-27)22-41-17-19-42(20-18-41)32-16-14-28(40-5)21-31(32)38/h6-8,10-14,16,21,33H,1,9,15,17-20,22-24H2,2-4H3,(H2,39,44)/t33-/m0/s1. The van der Waals surface area contributed by atoms with Crippen LogP contribution in [-0.2, 0) is 29.2 Å². The number of nitrogens with two attached hydrogens (primary N) is 1. The molecule has 2 aliphatic heterocycles. The van der Waals surface area contributed by atoms with Gasteiger partial charge in [0.15, 0.2) is 5.69 Å². The monoisotopic (exact) mass is 639 g/mol. The van der Waals surface area contributed by atoms with Gasteiger partial charge >= 0.3 is 0 Å². The Labute approximate surface area is 276 Å². The van der Waals surface area contributed by atoms with Gasteiger partial charge in [-0.25, -0.2) is 9.24 Å². The minimum absolute atomic E-state index is 0.232. The van der Waals surface area contributed by atoms with Crippen LogP contribution in [0.15, 0.2) is 73.0 Å². The Kier molecular flexibility index (Phi) is 10.2. The first kappa shape index (κ1) is 33.5. The summed E-state index contributed by atoms with van der Waals surface area (Å²) in [6.45, 7) is 21.2. The van der Waals surface area contributed by atoms with E-state index >= 15 is 0 Å². The summed E-state index contributed by atoms with van der Waals surface area (Å²) in [6, 6.07) is 17.5. The predicted octanol–water partition coefficient (Wildman–Crippen LogP) is 6.20. The van der Waals surface area contributed by atoms with Gasteiger partial charge in [-0.15, -0.1) is 0 Å². The third kappa shape index (κ3) is 8.29. The van der Waals surface area contributed by atoms with Crippen molar-refractivity contribution < 1.29 is 23.5 Å². The third-order valence-electron chi connectivity index (χ3n) is 8.40. The molecule has 10 heteroatoms. The molecule has 0 saturated carbocycles. The fourth-order valence-electron chi connectivity index (χ4n) is 6.08. The molecule has 0 spiro atoms. The lowest BCUT2D eigenvalue weighted by molar-refractivity contribution is -0.122. The third-order valence-corrected chi connectivity index (χ3v) is 8.40. The second kappa shape index (κ2) is 14.3. The number of carbonyl (C=O) groups is 2. The van der Waals surface area contributed by atoms with Gasteiger partial charge in [-0.2, -0.15) is 0 Å². The Morgan fingerprint density at radius 1 is 1.06 bits per heavy atom. The molecule has 9 nitrogen and oxygen atoms in total. The molecule has 2 aliphatic rings. The molecule has 3 aromatic carbocycles. The molecule has 0 unspecified atom stereocenters. The topological polar surface area (TPSA) is 92.7 Å². The lowest BCUT2D eigenvalue weighted by Crippen LogP contribution is -2.46. The fraction of sp³-hybridized carbons (Fsp3) is 0.378. The molecule has 0 bridgehead atoms. The number of hydrogen-bond donors (Lipinski definition) is 1. The van der Waals surface area contributed by atoms with Crippen LogP contribution in [0.5, 0.6) is 5.75 Å². The van der Waals surface area contributed by atoms with Crippen LogP contribution in [0, 0.1) is 12.4 Å². The van der Waals surface area contributed by atoms with Crippen LogP contribution < -0.4 is 15.4 Å². The molecule has 3 aromatic rings. The highest BCUT2D eigenvalue weighted by molar-refractivity contribution is 6.01. The van der Waals surface area contributed by atoms with E-state index in [-0.39, 0.29) is 18.3 Å². The zero-order valence-corrected chi connectivity index (χ0v) is 27.3. The van der Waals surface area contributed by atoms with E-state index < -0.39 is 17.6 Å². The van der Waals surface area contributed by atoms with E-state index in [1.54, 1.807) is 24.3 Å². The first-order valence-corrected chi connectivity index (χ1v) is 15.9. The summed E-state index contributed by atoms with van der Waals surface area (Å²) in [5.74, 6) is -0.0229. The minimum atomic E-state index is -0.795. The van der Waals surface area contributed by atoms with E-state index in [2.05, 4.69) is 28.5 Å². The number of halogens is 1. The number of carbonyl (C=O) groups excluding carboxylic acids is 2. The average molecular weight is 640 g/mol. The van der Waals surface area contributed by atoms with Crippen molar-refractivity contribution in [3.63, 3.8) is 0 Å². The molecule has 5 rings (SSSR count). The zero-order chi connectivity index (χ0) is 33.7. The zero-order valence-electron chi connectivity index (χ0n) is 27.3. The number of anilines is 1. The maximum atomic E-state index is 14.5. The van der Waals surface area contributed by atoms with Crippen molar-refractivity contribution in [1.29, 1.82) is 0 Å². The van der Waals surface area contributed by atoms with Crippen molar-refractivity contribution in [2.45, 2.75) is 65.0 Å². The van der Waals surface area contributed by atoms with Gasteiger partial charge in [0.05, 0.1) is 24.6 Å². The maximum absolute atomic E-state index is 14.5. The van der Waals surface area contributed by atoms with Crippen LogP contribution in [0.3, 0.4) is 0 Å². The smallest absolute Gasteiger partial charge is 0.255 e. The lowest BCUT2D eigenvalue weighted by Gasteiger charge is -2.36. The number of ether oxygens (including phenoxy) is 2. The van der Waals surface area contributed by atoms with E-state index in [4.69, 9.17) is 21.8 Å². The van der Waals surface area contributed by atoms with Gasteiger partial charge in [0.2, 0.25) is 5.91 Å². The van der Waals surface area contributed by atoms with Crippen molar-refractivity contribution in [2.24, 2.45) is 5.73 Å². The Hall–Kier alpha value is -4.88. The second-order valence-corrected chi connectivity index (χ2v) is 13.0. The molecular weight excluding hydrogens is 597 g/mol. The summed E-state index contributed by atoms with van der Waals surface area (Å²) in [4.78, 5) is 35.0. The van der Waals surface area contributed by atoms with E-state index in [1.807, 2.05) is 43.9 Å². The molecule has 1 atom stereocenters. The van der Waals surface area contributed by atoms with Gasteiger partial charge in [-0.1, -0.05) is 43.0 Å². The largest absolute Gasteiger partial charge is 0.493 e. The summed E-state index contributed by atoms with van der Waals surface area (Å²) in [5.41, 5.74) is 9.62. The Balaban J connectivity index is 1.14. The number of primary amides is 1. The van der Waals surface area contributed by atoms with Crippen LogP contribution in [0.1, 0.15) is 60.7 Å². The number of fused-ring (bicyclic) bond motifs is 1. The van der Waals surface area contributed by atoms with Crippen molar-refractivity contribution in [1.82, 2.24) is 9.80 Å². The molecule has 0 aromatic heterocycles. The summed E-state index contributed by atoms with van der Waals surface area (Å²) in [5, 5.41) is 0. The fourth-order valence-corrected chi connectivity index (χ4v) is 6.08. The van der Waals surface area contributed by atoms with Crippen LogP contribution >= 0.6 is 0 Å². The Morgan fingerprint density at radius 2 is 1.77 bits per heavy atom. The van der Waals surface area contributed by atoms with E-state index in [9.17, 15) is 14.0 Å². The van der Waals surface area contributed by atoms with Crippen LogP contribution in [0.4, 0.5) is 15.8 Å². The van der Waals surface area contributed by atoms with E-state index in [1.165, 1.54) is 16.5 Å².